The van der Waals surface area contributed by atoms with E-state index in [1.807, 2.05) is 0 Å². The van der Waals surface area contributed by atoms with Gasteiger partial charge in [0.1, 0.15) is 10.3 Å². The minimum atomic E-state index is -4.72. The Morgan fingerprint density at radius 1 is 1.33 bits per heavy atom. The van der Waals surface area contributed by atoms with Crippen molar-refractivity contribution in [2.24, 2.45) is 0 Å². The first-order valence-electron chi connectivity index (χ1n) is 3.44. The standard InChI is InChI=1S/C7H2BrClF5N/c8-5-4(6(10)11)2(9)1-3(15-5)7(12,13)14/h1,6H. The number of alkyl halides is 5. The number of pyridine rings is 1. The summed E-state index contributed by atoms with van der Waals surface area (Å²) in [5, 5.41) is -0.667. The van der Waals surface area contributed by atoms with Gasteiger partial charge in [0.2, 0.25) is 0 Å². The van der Waals surface area contributed by atoms with Crippen LogP contribution >= 0.6 is 27.5 Å². The molecule has 0 aromatic carbocycles. The molecular weight excluding hydrogens is 308 g/mol. The SMILES string of the molecule is FC(F)c1c(Cl)cc(C(F)(F)F)nc1Br. The molecule has 1 aromatic rings. The molecule has 1 rings (SSSR count). The molecule has 84 valence electrons. The zero-order valence-corrected chi connectivity index (χ0v) is 9.09. The van der Waals surface area contributed by atoms with Gasteiger partial charge >= 0.3 is 6.18 Å². The van der Waals surface area contributed by atoms with Gasteiger partial charge in [-0.15, -0.1) is 0 Å². The summed E-state index contributed by atoms with van der Waals surface area (Å²) in [6.45, 7) is 0. The van der Waals surface area contributed by atoms with Gasteiger partial charge in [-0.05, 0) is 22.0 Å². The van der Waals surface area contributed by atoms with Crippen molar-refractivity contribution in [3.8, 4) is 0 Å². The summed E-state index contributed by atoms with van der Waals surface area (Å²) in [5.74, 6) is 0. The third kappa shape index (κ3) is 2.78. The van der Waals surface area contributed by atoms with Crippen molar-refractivity contribution < 1.29 is 22.0 Å². The van der Waals surface area contributed by atoms with Crippen LogP contribution in [0.4, 0.5) is 22.0 Å². The molecule has 8 heteroatoms. The predicted octanol–water partition coefficient (Wildman–Crippen LogP) is 4.45. The van der Waals surface area contributed by atoms with Gasteiger partial charge in [0.05, 0.1) is 10.6 Å². The van der Waals surface area contributed by atoms with Gasteiger partial charge < -0.3 is 0 Å². The third-order valence-electron chi connectivity index (χ3n) is 1.47. The monoisotopic (exact) mass is 309 g/mol. The Balaban J connectivity index is 3.32. The summed E-state index contributed by atoms with van der Waals surface area (Å²) in [5.41, 5.74) is -2.06. The molecule has 0 aliphatic rings. The van der Waals surface area contributed by atoms with E-state index in [2.05, 4.69) is 20.9 Å². The maximum Gasteiger partial charge on any atom is 0.433 e. The maximum atomic E-state index is 12.3. The van der Waals surface area contributed by atoms with Crippen molar-refractivity contribution in [2.75, 3.05) is 0 Å². The average molecular weight is 310 g/mol. The van der Waals surface area contributed by atoms with E-state index in [9.17, 15) is 22.0 Å². The lowest BCUT2D eigenvalue weighted by Crippen LogP contribution is -2.09. The Labute approximate surface area is 94.4 Å². The number of hydrogen-bond donors (Lipinski definition) is 0. The zero-order valence-electron chi connectivity index (χ0n) is 6.75. The Bertz CT molecular complexity index is 355. The highest BCUT2D eigenvalue weighted by Crippen LogP contribution is 2.37. The van der Waals surface area contributed by atoms with Crippen LogP contribution in [0, 0.1) is 0 Å². The minimum absolute atomic E-state index is 0.369. The average Bonchev–Trinajstić information content (AvgIpc) is 1.99. The van der Waals surface area contributed by atoms with Gasteiger partial charge in [0.15, 0.2) is 0 Å². The molecular formula is C7H2BrClF5N. The van der Waals surface area contributed by atoms with Crippen molar-refractivity contribution in [3.05, 3.63) is 26.9 Å². The van der Waals surface area contributed by atoms with Crippen molar-refractivity contribution >= 4 is 27.5 Å². The van der Waals surface area contributed by atoms with Gasteiger partial charge in [-0.2, -0.15) is 13.2 Å². The van der Waals surface area contributed by atoms with Crippen LogP contribution in [0.5, 0.6) is 0 Å². The van der Waals surface area contributed by atoms with Crippen LogP contribution in [0.1, 0.15) is 17.7 Å². The van der Waals surface area contributed by atoms with Crippen molar-refractivity contribution in [1.82, 2.24) is 4.98 Å². The van der Waals surface area contributed by atoms with Gasteiger partial charge in [-0.1, -0.05) is 11.6 Å². The molecule has 0 atom stereocenters. The Hall–Kier alpha value is -0.430. The van der Waals surface area contributed by atoms with E-state index in [1.54, 1.807) is 0 Å². The summed E-state index contributed by atoms with van der Waals surface area (Å²) < 4.78 is 60.4. The molecule has 0 bridgehead atoms. The molecule has 0 amide bonds. The zero-order chi connectivity index (χ0) is 11.8. The van der Waals surface area contributed by atoms with Crippen LogP contribution in [0.2, 0.25) is 5.02 Å². The fraction of sp³-hybridized carbons (Fsp3) is 0.286. The first-order valence-corrected chi connectivity index (χ1v) is 4.62. The van der Waals surface area contributed by atoms with E-state index in [4.69, 9.17) is 11.6 Å². The largest absolute Gasteiger partial charge is 0.433 e. The highest BCUT2D eigenvalue weighted by atomic mass is 79.9. The van der Waals surface area contributed by atoms with E-state index in [0.29, 0.717) is 6.07 Å². The summed E-state index contributed by atoms with van der Waals surface area (Å²) in [6.07, 6.45) is -7.70. The highest BCUT2D eigenvalue weighted by Gasteiger charge is 2.34. The molecule has 0 spiro atoms. The van der Waals surface area contributed by atoms with Crippen LogP contribution in [0.15, 0.2) is 10.7 Å². The van der Waals surface area contributed by atoms with Crippen molar-refractivity contribution in [2.45, 2.75) is 12.6 Å². The molecule has 0 aliphatic carbocycles. The van der Waals surface area contributed by atoms with Crippen LogP contribution in [0.3, 0.4) is 0 Å². The third-order valence-corrected chi connectivity index (χ3v) is 2.39. The second kappa shape index (κ2) is 4.21. The first-order chi connectivity index (χ1) is 6.73. The lowest BCUT2D eigenvalue weighted by molar-refractivity contribution is -0.141. The van der Waals surface area contributed by atoms with Crippen LogP contribution in [0.25, 0.3) is 0 Å². The number of rotatable bonds is 1. The van der Waals surface area contributed by atoms with Crippen LogP contribution in [-0.2, 0) is 6.18 Å². The Morgan fingerprint density at radius 3 is 2.20 bits per heavy atom. The van der Waals surface area contributed by atoms with Crippen LogP contribution < -0.4 is 0 Å². The quantitative estimate of drug-likeness (QED) is 0.551. The summed E-state index contributed by atoms with van der Waals surface area (Å²) in [4.78, 5) is 2.95. The van der Waals surface area contributed by atoms with E-state index >= 15 is 0 Å². The fourth-order valence-corrected chi connectivity index (χ4v) is 1.80. The molecule has 15 heavy (non-hydrogen) atoms. The Kier molecular flexibility index (Phi) is 3.55. The van der Waals surface area contributed by atoms with E-state index < -0.39 is 33.5 Å². The van der Waals surface area contributed by atoms with Crippen molar-refractivity contribution in [3.63, 3.8) is 0 Å². The summed E-state index contributed by atoms with van der Waals surface area (Å²) >= 11 is 7.80. The summed E-state index contributed by atoms with van der Waals surface area (Å²) in [7, 11) is 0. The van der Waals surface area contributed by atoms with E-state index in [-0.39, 0.29) is 0 Å². The van der Waals surface area contributed by atoms with Gasteiger partial charge in [-0.25, -0.2) is 13.8 Å². The lowest BCUT2D eigenvalue weighted by Gasteiger charge is -2.10. The topological polar surface area (TPSA) is 12.9 Å². The molecule has 1 heterocycles. The smallest absolute Gasteiger partial charge is 0.236 e. The highest BCUT2D eigenvalue weighted by molar-refractivity contribution is 9.10. The number of nitrogens with zero attached hydrogens (tertiary/aromatic N) is 1. The molecule has 0 radical (unpaired) electrons. The van der Waals surface area contributed by atoms with Gasteiger partial charge in [-0.3, -0.25) is 0 Å². The lowest BCUT2D eigenvalue weighted by atomic mass is 10.2. The predicted molar refractivity (Wildman–Crippen MR) is 46.9 cm³/mol. The maximum absolute atomic E-state index is 12.3. The van der Waals surface area contributed by atoms with E-state index in [1.165, 1.54) is 0 Å². The second-order valence-corrected chi connectivity index (χ2v) is 3.65. The summed E-state index contributed by atoms with van der Waals surface area (Å²) in [6, 6.07) is 0.369. The van der Waals surface area contributed by atoms with Gasteiger partial charge in [0.25, 0.3) is 6.43 Å². The molecule has 0 unspecified atom stereocenters. The molecule has 1 nitrogen and oxygen atoms in total. The first kappa shape index (κ1) is 12.6. The normalized spacial score (nSPS) is 12.3. The Morgan fingerprint density at radius 2 is 1.87 bits per heavy atom. The molecule has 0 saturated carbocycles. The minimum Gasteiger partial charge on any atom is -0.236 e. The fourth-order valence-electron chi connectivity index (χ4n) is 0.834. The van der Waals surface area contributed by atoms with Crippen LogP contribution in [-0.4, -0.2) is 4.98 Å². The molecule has 0 N–H and O–H groups in total. The second-order valence-electron chi connectivity index (χ2n) is 2.49. The number of aromatic nitrogens is 1. The number of halogens is 7. The molecule has 1 aromatic heterocycles. The number of hydrogen-bond acceptors (Lipinski definition) is 1. The molecule has 0 fully saturated rings. The van der Waals surface area contributed by atoms with E-state index in [0.717, 1.165) is 0 Å². The van der Waals surface area contributed by atoms with Gasteiger partial charge in [0, 0.05) is 0 Å². The molecule has 0 saturated heterocycles. The van der Waals surface area contributed by atoms with Crippen molar-refractivity contribution in [1.29, 1.82) is 0 Å². The molecule has 0 aliphatic heterocycles.